The van der Waals surface area contributed by atoms with Gasteiger partial charge in [-0.05, 0) is 40.0 Å². The van der Waals surface area contributed by atoms with Gasteiger partial charge in [0.1, 0.15) is 4.90 Å². The average Bonchev–Trinajstić information content (AvgIpc) is 3.00. The van der Waals surface area contributed by atoms with E-state index in [1.165, 1.54) is 16.7 Å². The molecule has 2 rings (SSSR count). The third-order valence-electron chi connectivity index (χ3n) is 4.26. The number of likely N-dealkylation sites (tertiary alicyclic amines) is 1. The molecule has 0 unspecified atom stereocenters. The van der Waals surface area contributed by atoms with Crippen molar-refractivity contribution >= 4 is 10.0 Å². The molecule has 0 aliphatic carbocycles. The van der Waals surface area contributed by atoms with Gasteiger partial charge >= 0.3 is 0 Å². The van der Waals surface area contributed by atoms with E-state index in [0.717, 1.165) is 32.5 Å². The summed E-state index contributed by atoms with van der Waals surface area (Å²) in [6.07, 6.45) is 5.04. The number of aromatic nitrogens is 2. The number of likely N-dealkylation sites (N-methyl/N-ethyl adjacent to an activating group) is 2. The van der Waals surface area contributed by atoms with Gasteiger partial charge in [-0.3, -0.25) is 5.10 Å². The molecule has 1 aliphatic rings. The molecule has 1 aromatic heterocycles. The summed E-state index contributed by atoms with van der Waals surface area (Å²) in [5.41, 5.74) is 0. The molecule has 1 aliphatic heterocycles. The topological polar surface area (TPSA) is 72.5 Å². The summed E-state index contributed by atoms with van der Waals surface area (Å²) >= 11 is 0. The third kappa shape index (κ3) is 4.03. The molecule has 1 N–H and O–H groups in total. The number of nitrogens with zero attached hydrogens (tertiary/aromatic N) is 4. The predicted molar refractivity (Wildman–Crippen MR) is 81.6 cm³/mol. The Hall–Kier alpha value is -0.960. The SMILES string of the molecule is CN1CCC(N(C)CCN(C)S(=O)(=O)c2cn[nH]c2)CC1. The number of piperidine rings is 1. The Balaban J connectivity index is 1.85. The van der Waals surface area contributed by atoms with Crippen LogP contribution in [0.4, 0.5) is 0 Å². The first-order valence-corrected chi connectivity index (χ1v) is 8.69. The van der Waals surface area contributed by atoms with Crippen molar-refractivity contribution in [2.75, 3.05) is 47.3 Å². The summed E-state index contributed by atoms with van der Waals surface area (Å²) in [6, 6.07) is 0.547. The zero-order chi connectivity index (χ0) is 15.5. The number of nitrogens with one attached hydrogen (secondary N) is 1. The Morgan fingerprint density at radius 1 is 1.33 bits per heavy atom. The largest absolute Gasteiger partial charge is 0.306 e. The predicted octanol–water partition coefficient (Wildman–Crippen LogP) is 0.0562. The van der Waals surface area contributed by atoms with Crippen LogP contribution < -0.4 is 0 Å². The van der Waals surface area contributed by atoms with Crippen LogP contribution in [-0.4, -0.2) is 86.1 Å². The lowest BCUT2D eigenvalue weighted by Crippen LogP contribution is -2.44. The number of H-pyrrole nitrogens is 1. The highest BCUT2D eigenvalue weighted by molar-refractivity contribution is 7.89. The van der Waals surface area contributed by atoms with E-state index in [4.69, 9.17) is 0 Å². The maximum Gasteiger partial charge on any atom is 0.245 e. The minimum absolute atomic E-state index is 0.215. The first kappa shape index (κ1) is 16.4. The van der Waals surface area contributed by atoms with Gasteiger partial charge in [0.15, 0.2) is 0 Å². The van der Waals surface area contributed by atoms with Gasteiger partial charge in [-0.15, -0.1) is 0 Å². The van der Waals surface area contributed by atoms with Crippen molar-refractivity contribution < 1.29 is 8.42 Å². The monoisotopic (exact) mass is 315 g/mol. The second kappa shape index (κ2) is 6.87. The fraction of sp³-hybridized carbons (Fsp3) is 0.769. The number of hydrogen-bond donors (Lipinski definition) is 1. The summed E-state index contributed by atoms with van der Waals surface area (Å²) in [7, 11) is 2.41. The van der Waals surface area contributed by atoms with Crippen molar-refractivity contribution in [1.82, 2.24) is 24.3 Å². The standard InChI is InChI=1S/C13H25N5O2S/c1-16-6-4-12(5-7-16)17(2)8-9-18(3)21(19,20)13-10-14-15-11-13/h10-12H,4-9H2,1-3H3,(H,14,15). The van der Waals surface area contributed by atoms with Crippen LogP contribution in [0.2, 0.25) is 0 Å². The van der Waals surface area contributed by atoms with Crippen molar-refractivity contribution in [2.24, 2.45) is 0 Å². The van der Waals surface area contributed by atoms with Crippen molar-refractivity contribution in [3.63, 3.8) is 0 Å². The van der Waals surface area contributed by atoms with Gasteiger partial charge in [0.2, 0.25) is 10.0 Å². The van der Waals surface area contributed by atoms with Crippen molar-refractivity contribution in [3.8, 4) is 0 Å². The van der Waals surface area contributed by atoms with Crippen LogP contribution in [0.25, 0.3) is 0 Å². The van der Waals surface area contributed by atoms with E-state index in [1.807, 2.05) is 0 Å². The van der Waals surface area contributed by atoms with Crippen LogP contribution in [0.15, 0.2) is 17.3 Å². The van der Waals surface area contributed by atoms with E-state index in [1.54, 1.807) is 7.05 Å². The number of rotatable bonds is 6. The highest BCUT2D eigenvalue weighted by atomic mass is 32.2. The molecule has 0 bridgehead atoms. The van der Waals surface area contributed by atoms with Crippen LogP contribution in [0.3, 0.4) is 0 Å². The highest BCUT2D eigenvalue weighted by Crippen LogP contribution is 2.15. The van der Waals surface area contributed by atoms with Crippen LogP contribution in [0.1, 0.15) is 12.8 Å². The lowest BCUT2D eigenvalue weighted by molar-refractivity contribution is 0.141. The first-order chi connectivity index (χ1) is 9.91. The zero-order valence-electron chi connectivity index (χ0n) is 13.0. The number of aromatic amines is 1. The number of hydrogen-bond acceptors (Lipinski definition) is 5. The van der Waals surface area contributed by atoms with E-state index >= 15 is 0 Å². The molecule has 21 heavy (non-hydrogen) atoms. The molecule has 1 aromatic rings. The summed E-state index contributed by atoms with van der Waals surface area (Å²) in [5.74, 6) is 0. The van der Waals surface area contributed by atoms with Crippen LogP contribution in [-0.2, 0) is 10.0 Å². The van der Waals surface area contributed by atoms with E-state index < -0.39 is 10.0 Å². The summed E-state index contributed by atoms with van der Waals surface area (Å²) in [6.45, 7) is 3.44. The zero-order valence-corrected chi connectivity index (χ0v) is 13.8. The fourth-order valence-electron chi connectivity index (χ4n) is 2.60. The Kier molecular flexibility index (Phi) is 5.37. The lowest BCUT2D eigenvalue weighted by Gasteiger charge is -2.35. The molecule has 0 radical (unpaired) electrons. The minimum Gasteiger partial charge on any atom is -0.306 e. The Labute approximate surface area is 127 Å². The molecule has 7 nitrogen and oxygen atoms in total. The Morgan fingerprint density at radius 3 is 2.57 bits per heavy atom. The second-order valence-electron chi connectivity index (χ2n) is 5.78. The van der Waals surface area contributed by atoms with Gasteiger partial charge in [-0.25, -0.2) is 8.42 Å². The van der Waals surface area contributed by atoms with E-state index in [0.29, 0.717) is 12.6 Å². The summed E-state index contributed by atoms with van der Waals surface area (Å²) < 4.78 is 25.9. The van der Waals surface area contributed by atoms with E-state index in [9.17, 15) is 8.42 Å². The highest BCUT2D eigenvalue weighted by Gasteiger charge is 2.24. The van der Waals surface area contributed by atoms with Gasteiger partial charge in [0, 0.05) is 32.4 Å². The molecule has 1 fully saturated rings. The smallest absolute Gasteiger partial charge is 0.245 e. The van der Waals surface area contributed by atoms with Crippen molar-refractivity contribution in [3.05, 3.63) is 12.4 Å². The Bertz CT molecular complexity index is 523. The maximum atomic E-state index is 12.3. The molecule has 2 heterocycles. The molecule has 1 saturated heterocycles. The van der Waals surface area contributed by atoms with Gasteiger partial charge in [-0.1, -0.05) is 0 Å². The van der Waals surface area contributed by atoms with E-state index in [-0.39, 0.29) is 4.90 Å². The maximum absolute atomic E-state index is 12.3. The fourth-order valence-corrected chi connectivity index (χ4v) is 3.67. The molecule has 8 heteroatoms. The van der Waals surface area contributed by atoms with Crippen LogP contribution in [0, 0.1) is 0 Å². The molecule has 0 atom stereocenters. The molecule has 0 aromatic carbocycles. The lowest BCUT2D eigenvalue weighted by atomic mass is 10.0. The normalized spacial score (nSPS) is 18.7. The molecule has 0 saturated carbocycles. The molecular formula is C13H25N5O2S. The second-order valence-corrected chi connectivity index (χ2v) is 7.82. The molecular weight excluding hydrogens is 290 g/mol. The third-order valence-corrected chi connectivity index (χ3v) is 6.08. The summed E-state index contributed by atoms with van der Waals surface area (Å²) in [5, 5.41) is 6.24. The van der Waals surface area contributed by atoms with Gasteiger partial charge in [0.25, 0.3) is 0 Å². The van der Waals surface area contributed by atoms with Crippen LogP contribution >= 0.6 is 0 Å². The van der Waals surface area contributed by atoms with Crippen molar-refractivity contribution in [2.45, 2.75) is 23.8 Å². The van der Waals surface area contributed by atoms with Crippen molar-refractivity contribution in [1.29, 1.82) is 0 Å². The van der Waals surface area contributed by atoms with Gasteiger partial charge in [-0.2, -0.15) is 9.40 Å². The van der Waals surface area contributed by atoms with E-state index in [2.05, 4.69) is 34.1 Å². The molecule has 120 valence electrons. The van der Waals surface area contributed by atoms with Gasteiger partial charge in [0.05, 0.1) is 6.20 Å². The minimum atomic E-state index is -3.43. The number of sulfonamides is 1. The quantitative estimate of drug-likeness (QED) is 0.803. The summed E-state index contributed by atoms with van der Waals surface area (Å²) in [4.78, 5) is 4.82. The Morgan fingerprint density at radius 2 is 2.00 bits per heavy atom. The van der Waals surface area contributed by atoms with Gasteiger partial charge < -0.3 is 9.80 Å². The average molecular weight is 315 g/mol. The molecule has 0 spiro atoms. The molecule has 0 amide bonds. The first-order valence-electron chi connectivity index (χ1n) is 7.25. The van der Waals surface area contributed by atoms with Crippen LogP contribution in [0.5, 0.6) is 0 Å².